The second kappa shape index (κ2) is 18.7. The summed E-state index contributed by atoms with van der Waals surface area (Å²) < 4.78 is 0. The second-order valence-electron chi connectivity index (χ2n) is 7.47. The molecule has 0 saturated heterocycles. The summed E-state index contributed by atoms with van der Waals surface area (Å²) in [6, 6.07) is 0. The zero-order chi connectivity index (χ0) is 17.9. The van der Waals surface area contributed by atoms with Crippen molar-refractivity contribution in [2.24, 2.45) is 5.92 Å². The third kappa shape index (κ3) is 16.3. The Kier molecular flexibility index (Phi) is 18.3. The van der Waals surface area contributed by atoms with Gasteiger partial charge in [-0.3, -0.25) is 4.79 Å². The zero-order valence-electron chi connectivity index (χ0n) is 17.0. The molecule has 142 valence electrons. The summed E-state index contributed by atoms with van der Waals surface area (Å²) in [4.78, 5) is 11.8. The molecule has 0 aliphatic heterocycles. The minimum atomic E-state index is 0.171. The van der Waals surface area contributed by atoms with E-state index < -0.39 is 0 Å². The highest BCUT2D eigenvalue weighted by atomic mass is 16.1. The Hall–Kier alpha value is -0.590. The summed E-state index contributed by atoms with van der Waals surface area (Å²) in [5.74, 6) is 0.516. The number of allylic oxidation sites excluding steroid dienone is 2. The molecule has 0 bridgehead atoms. The molecule has 0 aromatic heterocycles. The summed E-state index contributed by atoms with van der Waals surface area (Å²) in [5.41, 5.74) is 0. The fourth-order valence-electron chi connectivity index (χ4n) is 3.24. The highest BCUT2D eigenvalue weighted by Crippen LogP contribution is 2.16. The second-order valence-corrected chi connectivity index (χ2v) is 7.47. The molecule has 0 aromatic carbocycles. The van der Waals surface area contributed by atoms with Crippen LogP contribution in [0.2, 0.25) is 0 Å². The average Bonchev–Trinajstić information content (AvgIpc) is 2.57. The molecule has 0 aliphatic carbocycles. The lowest BCUT2D eigenvalue weighted by Gasteiger charge is -2.09. The van der Waals surface area contributed by atoms with E-state index in [2.05, 4.69) is 26.0 Å². The molecule has 0 aromatic rings. The number of hydrogen-bond donors (Lipinski definition) is 0. The van der Waals surface area contributed by atoms with Crippen molar-refractivity contribution in [3.63, 3.8) is 0 Å². The zero-order valence-corrected chi connectivity index (χ0v) is 17.0. The van der Waals surface area contributed by atoms with E-state index in [0.29, 0.717) is 5.78 Å². The first-order chi connectivity index (χ1) is 11.7. The van der Waals surface area contributed by atoms with E-state index in [4.69, 9.17) is 0 Å². The fourth-order valence-corrected chi connectivity index (χ4v) is 3.24. The van der Waals surface area contributed by atoms with Gasteiger partial charge in [0.15, 0.2) is 0 Å². The van der Waals surface area contributed by atoms with E-state index in [-0.39, 0.29) is 5.92 Å². The van der Waals surface area contributed by atoms with Gasteiger partial charge in [-0.2, -0.15) is 0 Å². The number of unbranched alkanes of at least 4 members (excludes halogenated alkanes) is 13. The topological polar surface area (TPSA) is 17.1 Å². The summed E-state index contributed by atoms with van der Waals surface area (Å²) in [6.45, 7) is 6.28. The lowest BCUT2D eigenvalue weighted by Crippen LogP contribution is -2.07. The molecular weight excluding hydrogens is 292 g/mol. The van der Waals surface area contributed by atoms with Crippen molar-refractivity contribution in [2.75, 3.05) is 0 Å². The van der Waals surface area contributed by atoms with Gasteiger partial charge in [-0.05, 0) is 26.2 Å². The Labute approximate surface area is 152 Å². The van der Waals surface area contributed by atoms with Gasteiger partial charge >= 0.3 is 0 Å². The first-order valence-electron chi connectivity index (χ1n) is 10.9. The van der Waals surface area contributed by atoms with Crippen LogP contribution in [0.3, 0.4) is 0 Å². The molecule has 1 nitrogen and oxygen atoms in total. The smallest absolute Gasteiger partial charge is 0.136 e. The Morgan fingerprint density at radius 3 is 1.67 bits per heavy atom. The van der Waals surface area contributed by atoms with Crippen LogP contribution in [-0.2, 0) is 4.79 Å². The van der Waals surface area contributed by atoms with Crippen molar-refractivity contribution in [1.29, 1.82) is 0 Å². The molecular formula is C23H44O. The van der Waals surface area contributed by atoms with Crippen LogP contribution in [-0.4, -0.2) is 5.78 Å². The number of hydrogen-bond acceptors (Lipinski definition) is 1. The number of ketones is 1. The summed E-state index contributed by atoms with van der Waals surface area (Å²) in [7, 11) is 0. The van der Waals surface area contributed by atoms with E-state index >= 15 is 0 Å². The molecule has 0 radical (unpaired) electrons. The van der Waals surface area contributed by atoms with E-state index in [1.54, 1.807) is 6.92 Å². The van der Waals surface area contributed by atoms with Crippen LogP contribution >= 0.6 is 0 Å². The fraction of sp³-hybridized carbons (Fsp3) is 0.870. The summed E-state index contributed by atoms with van der Waals surface area (Å²) in [6.07, 6.45) is 25.4. The molecule has 1 heteroatoms. The maximum Gasteiger partial charge on any atom is 0.136 e. The molecule has 0 fully saturated rings. The van der Waals surface area contributed by atoms with Crippen LogP contribution in [0.15, 0.2) is 12.2 Å². The van der Waals surface area contributed by atoms with Crippen LogP contribution in [0, 0.1) is 5.92 Å². The molecule has 0 N–H and O–H groups in total. The number of carbonyl (C=O) groups excluding carboxylic acids is 1. The normalized spacial score (nSPS) is 12.8. The lowest BCUT2D eigenvalue weighted by atomic mass is 9.95. The predicted molar refractivity (Wildman–Crippen MR) is 109 cm³/mol. The molecule has 24 heavy (non-hydrogen) atoms. The van der Waals surface area contributed by atoms with E-state index in [9.17, 15) is 4.79 Å². The highest BCUT2D eigenvalue weighted by molar-refractivity contribution is 5.79. The maximum atomic E-state index is 11.8. The molecule has 0 saturated carbocycles. The predicted octanol–water partition coefficient (Wildman–Crippen LogP) is 8.03. The van der Waals surface area contributed by atoms with Gasteiger partial charge in [0, 0.05) is 5.92 Å². The van der Waals surface area contributed by atoms with Gasteiger partial charge in [0.2, 0.25) is 0 Å². The van der Waals surface area contributed by atoms with Gasteiger partial charge in [-0.15, -0.1) is 0 Å². The molecule has 0 rings (SSSR count). The van der Waals surface area contributed by atoms with Crippen molar-refractivity contribution >= 4 is 5.78 Å². The lowest BCUT2D eigenvalue weighted by molar-refractivity contribution is -0.119. The van der Waals surface area contributed by atoms with E-state index in [1.807, 2.05) is 0 Å². The summed E-state index contributed by atoms with van der Waals surface area (Å²) in [5, 5.41) is 0. The quantitative estimate of drug-likeness (QED) is 0.183. The van der Waals surface area contributed by atoms with Crippen molar-refractivity contribution in [3.05, 3.63) is 12.2 Å². The Morgan fingerprint density at radius 2 is 1.17 bits per heavy atom. The molecule has 0 amide bonds. The molecule has 1 unspecified atom stereocenters. The third-order valence-corrected chi connectivity index (χ3v) is 4.98. The van der Waals surface area contributed by atoms with Crippen molar-refractivity contribution in [1.82, 2.24) is 0 Å². The van der Waals surface area contributed by atoms with Crippen LogP contribution in [0.25, 0.3) is 0 Å². The van der Waals surface area contributed by atoms with Crippen molar-refractivity contribution in [3.8, 4) is 0 Å². The largest absolute Gasteiger partial charge is 0.299 e. The number of carbonyl (C=O) groups is 1. The minimum absolute atomic E-state index is 0.171. The number of Topliss-reactive ketones (excluding diaryl/α,β-unsaturated/α-hetero) is 1. The van der Waals surface area contributed by atoms with Crippen LogP contribution in [0.1, 0.15) is 124 Å². The molecule has 1 atom stereocenters. The Bertz CT molecular complexity index is 292. The van der Waals surface area contributed by atoms with Crippen LogP contribution < -0.4 is 0 Å². The van der Waals surface area contributed by atoms with Gasteiger partial charge < -0.3 is 0 Å². The molecule has 0 heterocycles. The first-order valence-corrected chi connectivity index (χ1v) is 10.9. The minimum Gasteiger partial charge on any atom is -0.299 e. The van der Waals surface area contributed by atoms with E-state index in [1.165, 1.54) is 89.9 Å². The summed E-state index contributed by atoms with van der Waals surface area (Å²) >= 11 is 0. The van der Waals surface area contributed by atoms with Crippen LogP contribution in [0.4, 0.5) is 0 Å². The third-order valence-electron chi connectivity index (χ3n) is 4.98. The molecule has 0 spiro atoms. The van der Waals surface area contributed by atoms with E-state index in [0.717, 1.165) is 12.8 Å². The number of rotatable bonds is 18. The van der Waals surface area contributed by atoms with Gasteiger partial charge in [-0.25, -0.2) is 0 Å². The standard InChI is InChI=1S/C23H44O/c1-4-6-8-10-12-14-16-18-20-23(22(3)24)21-19-17-15-13-11-9-7-5-2/h18,20,23H,4-17,19,21H2,1-3H3. The Balaban J connectivity index is 3.63. The van der Waals surface area contributed by atoms with Gasteiger partial charge in [0.05, 0.1) is 0 Å². The maximum absolute atomic E-state index is 11.8. The van der Waals surface area contributed by atoms with Crippen molar-refractivity contribution in [2.45, 2.75) is 124 Å². The van der Waals surface area contributed by atoms with Crippen LogP contribution in [0.5, 0.6) is 0 Å². The first kappa shape index (κ1) is 23.4. The average molecular weight is 337 g/mol. The SMILES string of the molecule is CCCCCCCCC=CC(CCCCCCCCCC)C(C)=O. The van der Waals surface area contributed by atoms with Gasteiger partial charge in [0.25, 0.3) is 0 Å². The molecule has 0 aliphatic rings. The monoisotopic (exact) mass is 336 g/mol. The van der Waals surface area contributed by atoms with Gasteiger partial charge in [0.1, 0.15) is 5.78 Å². The Morgan fingerprint density at radius 1 is 0.708 bits per heavy atom. The highest BCUT2D eigenvalue weighted by Gasteiger charge is 2.09. The van der Waals surface area contributed by atoms with Gasteiger partial charge in [-0.1, -0.05) is 109 Å². The van der Waals surface area contributed by atoms with Crippen molar-refractivity contribution < 1.29 is 4.79 Å².